The zero-order valence-electron chi connectivity index (χ0n) is 13.3. The molecule has 2 aromatic carbocycles. The van der Waals surface area contributed by atoms with Gasteiger partial charge in [-0.2, -0.15) is 0 Å². The van der Waals surface area contributed by atoms with Crippen molar-refractivity contribution >= 4 is 27.7 Å². The number of esters is 1. The molecule has 0 radical (unpaired) electrons. The Kier molecular flexibility index (Phi) is 6.37. The summed E-state index contributed by atoms with van der Waals surface area (Å²) in [6.07, 6.45) is -0.823. The molecule has 1 unspecified atom stereocenters. The van der Waals surface area contributed by atoms with Crippen LogP contribution in [0.2, 0.25) is 0 Å². The minimum Gasteiger partial charge on any atom is -0.497 e. The van der Waals surface area contributed by atoms with E-state index in [1.54, 1.807) is 62.6 Å². The Bertz CT molecular complexity index is 694. The van der Waals surface area contributed by atoms with Crippen LogP contribution in [0.3, 0.4) is 0 Å². The molecule has 0 saturated heterocycles. The summed E-state index contributed by atoms with van der Waals surface area (Å²) in [5, 5.41) is 0. The predicted octanol–water partition coefficient (Wildman–Crippen LogP) is 3.65. The lowest BCUT2D eigenvalue weighted by molar-refractivity contribution is -0.149. The molecular weight excluding hydrogens is 376 g/mol. The van der Waals surface area contributed by atoms with Crippen LogP contribution < -0.4 is 9.47 Å². The number of ether oxygens (including phenoxy) is 3. The quantitative estimate of drug-likeness (QED) is 0.531. The van der Waals surface area contributed by atoms with Crippen LogP contribution >= 0.6 is 15.9 Å². The molecule has 0 aromatic heterocycles. The average molecular weight is 393 g/mol. The van der Waals surface area contributed by atoms with Crippen LogP contribution in [-0.4, -0.2) is 31.6 Å². The van der Waals surface area contributed by atoms with Gasteiger partial charge in [0.1, 0.15) is 11.5 Å². The van der Waals surface area contributed by atoms with Crippen molar-refractivity contribution in [3.05, 3.63) is 58.6 Å². The summed E-state index contributed by atoms with van der Waals surface area (Å²) in [4.78, 5) is 23.9. The van der Waals surface area contributed by atoms with Gasteiger partial charge in [-0.05, 0) is 43.3 Å². The lowest BCUT2D eigenvalue weighted by atomic mass is 10.1. The van der Waals surface area contributed by atoms with E-state index in [4.69, 9.17) is 14.2 Å². The summed E-state index contributed by atoms with van der Waals surface area (Å²) in [5.74, 6) is 0.334. The van der Waals surface area contributed by atoms with Crippen molar-refractivity contribution in [2.24, 2.45) is 0 Å². The van der Waals surface area contributed by atoms with Gasteiger partial charge in [-0.15, -0.1) is 0 Å². The van der Waals surface area contributed by atoms with Gasteiger partial charge in [0.05, 0.1) is 7.11 Å². The molecule has 6 heteroatoms. The molecule has 0 bridgehead atoms. The molecule has 126 valence electrons. The number of methoxy groups -OCH3 is 1. The van der Waals surface area contributed by atoms with Gasteiger partial charge in [-0.1, -0.05) is 28.1 Å². The first-order chi connectivity index (χ1) is 11.5. The number of benzene rings is 2. The first kappa shape index (κ1) is 18.0. The third-order valence-corrected chi connectivity index (χ3v) is 3.74. The summed E-state index contributed by atoms with van der Waals surface area (Å²) >= 11 is 3.30. The van der Waals surface area contributed by atoms with Crippen molar-refractivity contribution < 1.29 is 23.8 Å². The average Bonchev–Trinajstić information content (AvgIpc) is 2.60. The van der Waals surface area contributed by atoms with Gasteiger partial charge in [0.2, 0.25) is 0 Å². The van der Waals surface area contributed by atoms with Crippen LogP contribution in [0.25, 0.3) is 0 Å². The van der Waals surface area contributed by atoms with Crippen LogP contribution in [0.1, 0.15) is 17.3 Å². The highest BCUT2D eigenvalue weighted by Gasteiger charge is 2.18. The Labute approximate surface area is 148 Å². The molecule has 2 rings (SSSR count). The van der Waals surface area contributed by atoms with Gasteiger partial charge in [0, 0.05) is 10.0 Å². The maximum absolute atomic E-state index is 12.0. The molecule has 0 heterocycles. The Morgan fingerprint density at radius 1 is 1.00 bits per heavy atom. The predicted molar refractivity (Wildman–Crippen MR) is 92.5 cm³/mol. The van der Waals surface area contributed by atoms with E-state index in [-0.39, 0.29) is 12.4 Å². The summed E-state index contributed by atoms with van der Waals surface area (Å²) < 4.78 is 16.4. The molecule has 0 N–H and O–H groups in total. The SMILES string of the molecule is COc1ccc(OC(C)C(=O)OCC(=O)c2ccc(Br)cc2)cc1. The highest BCUT2D eigenvalue weighted by molar-refractivity contribution is 9.10. The van der Waals surface area contributed by atoms with E-state index in [2.05, 4.69) is 15.9 Å². The third kappa shape index (κ3) is 5.09. The second-order valence-electron chi connectivity index (χ2n) is 4.97. The first-order valence-electron chi connectivity index (χ1n) is 7.25. The summed E-state index contributed by atoms with van der Waals surface area (Å²) in [6.45, 7) is 1.24. The molecule has 0 spiro atoms. The molecule has 24 heavy (non-hydrogen) atoms. The van der Waals surface area contributed by atoms with Crippen molar-refractivity contribution in [2.75, 3.05) is 13.7 Å². The van der Waals surface area contributed by atoms with Crippen molar-refractivity contribution in [1.82, 2.24) is 0 Å². The van der Waals surface area contributed by atoms with E-state index < -0.39 is 12.1 Å². The summed E-state index contributed by atoms with van der Waals surface area (Å²) in [7, 11) is 1.57. The molecule has 1 atom stereocenters. The fourth-order valence-electron chi connectivity index (χ4n) is 1.88. The fraction of sp³-hybridized carbons (Fsp3) is 0.222. The second-order valence-corrected chi connectivity index (χ2v) is 5.89. The van der Waals surface area contributed by atoms with Crippen LogP contribution in [0.4, 0.5) is 0 Å². The van der Waals surface area contributed by atoms with Crippen LogP contribution in [0, 0.1) is 0 Å². The third-order valence-electron chi connectivity index (χ3n) is 3.22. The minimum absolute atomic E-state index is 0.271. The topological polar surface area (TPSA) is 61.8 Å². The van der Waals surface area contributed by atoms with E-state index in [0.717, 1.165) is 4.47 Å². The molecule has 0 aliphatic heterocycles. The van der Waals surface area contributed by atoms with E-state index in [9.17, 15) is 9.59 Å². The Hall–Kier alpha value is -2.34. The number of carbonyl (C=O) groups excluding carboxylic acids is 2. The maximum atomic E-state index is 12.0. The highest BCUT2D eigenvalue weighted by Crippen LogP contribution is 2.18. The lowest BCUT2D eigenvalue weighted by Gasteiger charge is -2.14. The molecule has 0 amide bonds. The fourth-order valence-corrected chi connectivity index (χ4v) is 2.14. The van der Waals surface area contributed by atoms with E-state index in [1.165, 1.54) is 0 Å². The lowest BCUT2D eigenvalue weighted by Crippen LogP contribution is -2.28. The number of rotatable bonds is 7. The number of Topliss-reactive ketones (excluding diaryl/α,β-unsaturated/α-hetero) is 1. The van der Waals surface area contributed by atoms with Crippen molar-refractivity contribution in [3.8, 4) is 11.5 Å². The summed E-state index contributed by atoms with van der Waals surface area (Å²) in [5.41, 5.74) is 0.481. The number of hydrogen-bond acceptors (Lipinski definition) is 5. The number of ketones is 1. The molecular formula is C18H17BrO5. The molecule has 0 fully saturated rings. The van der Waals surface area contributed by atoms with Crippen molar-refractivity contribution in [1.29, 1.82) is 0 Å². The normalized spacial score (nSPS) is 11.5. The Morgan fingerprint density at radius 3 is 2.17 bits per heavy atom. The molecule has 0 saturated carbocycles. The molecule has 2 aromatic rings. The van der Waals surface area contributed by atoms with Crippen LogP contribution in [-0.2, 0) is 9.53 Å². The first-order valence-corrected chi connectivity index (χ1v) is 8.05. The van der Waals surface area contributed by atoms with Gasteiger partial charge < -0.3 is 14.2 Å². The van der Waals surface area contributed by atoms with Gasteiger partial charge in [0.15, 0.2) is 18.5 Å². The zero-order chi connectivity index (χ0) is 17.5. The smallest absolute Gasteiger partial charge is 0.347 e. The number of halogens is 1. The van der Waals surface area contributed by atoms with E-state index in [0.29, 0.717) is 17.1 Å². The van der Waals surface area contributed by atoms with Gasteiger partial charge in [-0.3, -0.25) is 4.79 Å². The minimum atomic E-state index is -0.823. The van der Waals surface area contributed by atoms with E-state index >= 15 is 0 Å². The highest BCUT2D eigenvalue weighted by atomic mass is 79.9. The molecule has 5 nitrogen and oxygen atoms in total. The monoisotopic (exact) mass is 392 g/mol. The van der Waals surface area contributed by atoms with Crippen LogP contribution in [0.5, 0.6) is 11.5 Å². The summed E-state index contributed by atoms with van der Waals surface area (Å²) in [6, 6.07) is 13.7. The largest absolute Gasteiger partial charge is 0.497 e. The Morgan fingerprint density at radius 2 is 1.58 bits per heavy atom. The van der Waals surface area contributed by atoms with Gasteiger partial charge in [0.25, 0.3) is 0 Å². The van der Waals surface area contributed by atoms with E-state index in [1.807, 2.05) is 0 Å². The van der Waals surface area contributed by atoms with Crippen molar-refractivity contribution in [3.63, 3.8) is 0 Å². The molecule has 0 aliphatic carbocycles. The number of carbonyl (C=O) groups is 2. The van der Waals surface area contributed by atoms with Gasteiger partial charge in [-0.25, -0.2) is 4.79 Å². The second kappa shape index (κ2) is 8.49. The van der Waals surface area contributed by atoms with Crippen molar-refractivity contribution in [2.45, 2.75) is 13.0 Å². The standard InChI is InChI=1S/C18H17BrO5/c1-12(24-16-9-7-15(22-2)8-10-16)18(21)23-11-17(20)13-3-5-14(19)6-4-13/h3-10,12H,11H2,1-2H3. The maximum Gasteiger partial charge on any atom is 0.347 e. The number of hydrogen-bond donors (Lipinski definition) is 0. The Balaban J connectivity index is 1.84. The van der Waals surface area contributed by atoms with Crippen LogP contribution in [0.15, 0.2) is 53.0 Å². The van der Waals surface area contributed by atoms with Gasteiger partial charge >= 0.3 is 5.97 Å². The molecule has 0 aliphatic rings. The zero-order valence-corrected chi connectivity index (χ0v) is 14.9.